The van der Waals surface area contributed by atoms with Gasteiger partial charge in [-0.2, -0.15) is 0 Å². The molecule has 1 aromatic carbocycles. The van der Waals surface area contributed by atoms with Crippen LogP contribution in [0.15, 0.2) is 37.9 Å². The maximum atomic E-state index is 5.35. The molecule has 0 amide bonds. The summed E-state index contributed by atoms with van der Waals surface area (Å²) in [6.45, 7) is 0. The van der Waals surface area contributed by atoms with Crippen LogP contribution in [0.1, 0.15) is 0 Å². The van der Waals surface area contributed by atoms with Crippen molar-refractivity contribution in [3.63, 3.8) is 0 Å². The second-order valence-electron chi connectivity index (χ2n) is 3.28. The second-order valence-corrected chi connectivity index (χ2v) is 5.84. The number of anilines is 3. The third-order valence-corrected chi connectivity index (χ3v) is 4.04. The highest BCUT2D eigenvalue weighted by molar-refractivity contribution is 9.11. The summed E-state index contributed by atoms with van der Waals surface area (Å²) in [6, 6.07) is 5.81. The largest absolute Gasteiger partial charge is 0.338 e. The van der Waals surface area contributed by atoms with Crippen molar-refractivity contribution in [3.05, 3.63) is 37.9 Å². The molecule has 2 rings (SSSR count). The molecule has 18 heavy (non-hydrogen) atoms. The lowest BCUT2D eigenvalue weighted by molar-refractivity contribution is 1.12. The highest BCUT2D eigenvalue weighted by Gasteiger charge is 2.09. The maximum absolute atomic E-state index is 5.35. The molecule has 94 valence electrons. The standard InChI is InChI=1S/C10H8Br3N5/c11-5-1-2-6(12)7(3-5)17-9-8(13)10(18-14)16-4-15-9/h1-4H,14H2,(H2,15,16,17,18). The van der Waals surface area contributed by atoms with Gasteiger partial charge in [0.05, 0.1) is 5.69 Å². The van der Waals surface area contributed by atoms with Gasteiger partial charge in [0.25, 0.3) is 0 Å². The number of nitrogen functional groups attached to an aromatic ring is 1. The first-order valence-electron chi connectivity index (χ1n) is 4.81. The molecule has 5 nitrogen and oxygen atoms in total. The number of nitrogens with one attached hydrogen (secondary N) is 2. The predicted octanol–water partition coefficient (Wildman–Crippen LogP) is 3.79. The van der Waals surface area contributed by atoms with Gasteiger partial charge in [-0.15, -0.1) is 0 Å². The number of hydrogen-bond donors (Lipinski definition) is 3. The molecule has 0 radical (unpaired) electrons. The minimum Gasteiger partial charge on any atom is -0.338 e. The van der Waals surface area contributed by atoms with E-state index in [9.17, 15) is 0 Å². The Labute approximate surface area is 129 Å². The normalized spacial score (nSPS) is 10.2. The fourth-order valence-corrected chi connectivity index (χ4v) is 2.40. The summed E-state index contributed by atoms with van der Waals surface area (Å²) < 4.78 is 2.56. The molecular formula is C10H8Br3N5. The van der Waals surface area contributed by atoms with Gasteiger partial charge in [0.2, 0.25) is 0 Å². The summed E-state index contributed by atoms with van der Waals surface area (Å²) in [5, 5.41) is 3.19. The van der Waals surface area contributed by atoms with Crippen molar-refractivity contribution < 1.29 is 0 Å². The number of rotatable bonds is 3. The van der Waals surface area contributed by atoms with E-state index in [4.69, 9.17) is 5.84 Å². The topological polar surface area (TPSA) is 75.9 Å². The second kappa shape index (κ2) is 5.96. The van der Waals surface area contributed by atoms with Gasteiger partial charge in [-0.25, -0.2) is 15.8 Å². The SMILES string of the molecule is NNc1ncnc(Nc2cc(Br)ccc2Br)c1Br. The molecular weight excluding hydrogens is 430 g/mol. The van der Waals surface area contributed by atoms with E-state index in [1.807, 2.05) is 18.2 Å². The van der Waals surface area contributed by atoms with Crippen LogP contribution in [-0.4, -0.2) is 9.97 Å². The molecule has 0 atom stereocenters. The lowest BCUT2D eigenvalue weighted by atomic mass is 10.3. The Kier molecular flexibility index (Phi) is 4.55. The molecule has 0 aliphatic carbocycles. The van der Waals surface area contributed by atoms with Crippen molar-refractivity contribution in [2.45, 2.75) is 0 Å². The van der Waals surface area contributed by atoms with Crippen LogP contribution in [0.2, 0.25) is 0 Å². The van der Waals surface area contributed by atoms with E-state index >= 15 is 0 Å². The lowest BCUT2D eigenvalue weighted by Crippen LogP contribution is -2.10. The first-order valence-corrected chi connectivity index (χ1v) is 7.19. The average Bonchev–Trinajstić information content (AvgIpc) is 2.36. The van der Waals surface area contributed by atoms with Crippen molar-refractivity contribution in [2.24, 2.45) is 5.84 Å². The molecule has 0 aliphatic heterocycles. The Morgan fingerprint density at radius 3 is 2.50 bits per heavy atom. The minimum atomic E-state index is 0.513. The quantitative estimate of drug-likeness (QED) is 0.503. The number of hydrazine groups is 1. The Balaban J connectivity index is 2.37. The third kappa shape index (κ3) is 3.00. The number of nitrogens with zero attached hydrogens (tertiary/aromatic N) is 2. The summed E-state index contributed by atoms with van der Waals surface area (Å²) >= 11 is 10.3. The monoisotopic (exact) mass is 435 g/mol. The Morgan fingerprint density at radius 2 is 1.78 bits per heavy atom. The van der Waals surface area contributed by atoms with Gasteiger partial charge >= 0.3 is 0 Å². The highest BCUT2D eigenvalue weighted by Crippen LogP contribution is 2.32. The number of benzene rings is 1. The first kappa shape index (κ1) is 13.7. The van der Waals surface area contributed by atoms with E-state index in [0.717, 1.165) is 14.6 Å². The van der Waals surface area contributed by atoms with E-state index in [0.29, 0.717) is 16.1 Å². The van der Waals surface area contributed by atoms with Crippen LogP contribution in [0, 0.1) is 0 Å². The van der Waals surface area contributed by atoms with E-state index in [1.165, 1.54) is 6.33 Å². The smallest absolute Gasteiger partial charge is 0.159 e. The van der Waals surface area contributed by atoms with Crippen LogP contribution >= 0.6 is 47.8 Å². The third-order valence-electron chi connectivity index (χ3n) is 2.11. The first-order chi connectivity index (χ1) is 8.61. The molecule has 0 saturated heterocycles. The van der Waals surface area contributed by atoms with Gasteiger partial charge in [0.1, 0.15) is 16.6 Å². The molecule has 4 N–H and O–H groups in total. The molecule has 0 aliphatic rings. The number of hydrogen-bond acceptors (Lipinski definition) is 5. The molecule has 1 aromatic heterocycles. The average molecular weight is 438 g/mol. The summed E-state index contributed by atoms with van der Waals surface area (Å²) in [6.07, 6.45) is 1.42. The lowest BCUT2D eigenvalue weighted by Gasteiger charge is -2.11. The molecule has 8 heteroatoms. The van der Waals surface area contributed by atoms with Crippen molar-refractivity contribution >= 4 is 65.1 Å². The molecule has 0 spiro atoms. The van der Waals surface area contributed by atoms with Crippen LogP contribution in [0.4, 0.5) is 17.3 Å². The molecule has 2 aromatic rings. The summed E-state index contributed by atoms with van der Waals surface area (Å²) in [7, 11) is 0. The van der Waals surface area contributed by atoms with E-state index in [-0.39, 0.29) is 0 Å². The van der Waals surface area contributed by atoms with Gasteiger partial charge in [-0.1, -0.05) is 15.9 Å². The van der Waals surface area contributed by atoms with E-state index in [2.05, 4.69) is 68.5 Å². The fourth-order valence-electron chi connectivity index (χ4n) is 1.28. The van der Waals surface area contributed by atoms with Gasteiger partial charge in [-0.3, -0.25) is 0 Å². The van der Waals surface area contributed by atoms with Gasteiger partial charge in [-0.05, 0) is 50.1 Å². The summed E-state index contributed by atoms with van der Waals surface area (Å²) in [4.78, 5) is 8.14. The minimum absolute atomic E-state index is 0.513. The predicted molar refractivity (Wildman–Crippen MR) is 82.7 cm³/mol. The van der Waals surface area contributed by atoms with Crippen LogP contribution < -0.4 is 16.6 Å². The molecule has 0 saturated carbocycles. The number of halogens is 3. The van der Waals surface area contributed by atoms with Gasteiger partial charge < -0.3 is 10.7 Å². The maximum Gasteiger partial charge on any atom is 0.159 e. The van der Waals surface area contributed by atoms with Crippen molar-refractivity contribution in [2.75, 3.05) is 10.7 Å². The highest BCUT2D eigenvalue weighted by atomic mass is 79.9. The Hall–Kier alpha value is -0.700. The number of nitrogens with two attached hydrogens (primary N) is 1. The number of aromatic nitrogens is 2. The molecule has 0 bridgehead atoms. The van der Waals surface area contributed by atoms with Crippen molar-refractivity contribution in [1.82, 2.24) is 9.97 Å². The fraction of sp³-hybridized carbons (Fsp3) is 0. The molecule has 1 heterocycles. The van der Waals surface area contributed by atoms with Crippen molar-refractivity contribution in [1.29, 1.82) is 0 Å². The van der Waals surface area contributed by atoms with Crippen LogP contribution in [0.25, 0.3) is 0 Å². The zero-order valence-electron chi connectivity index (χ0n) is 8.92. The van der Waals surface area contributed by atoms with Crippen LogP contribution in [0.3, 0.4) is 0 Å². The van der Waals surface area contributed by atoms with Gasteiger partial charge in [0, 0.05) is 8.95 Å². The zero-order valence-corrected chi connectivity index (χ0v) is 13.7. The van der Waals surface area contributed by atoms with Gasteiger partial charge in [0.15, 0.2) is 5.82 Å². The molecule has 0 fully saturated rings. The van der Waals surface area contributed by atoms with E-state index < -0.39 is 0 Å². The zero-order chi connectivity index (χ0) is 13.1. The Bertz CT molecular complexity index is 575. The van der Waals surface area contributed by atoms with Crippen molar-refractivity contribution in [3.8, 4) is 0 Å². The summed E-state index contributed by atoms with van der Waals surface area (Å²) in [5.41, 5.74) is 3.37. The summed E-state index contributed by atoms with van der Waals surface area (Å²) in [5.74, 6) is 6.49. The van der Waals surface area contributed by atoms with Crippen LogP contribution in [0.5, 0.6) is 0 Å². The van der Waals surface area contributed by atoms with Crippen LogP contribution in [-0.2, 0) is 0 Å². The Morgan fingerprint density at radius 1 is 1.06 bits per heavy atom. The van der Waals surface area contributed by atoms with E-state index in [1.54, 1.807) is 0 Å². The molecule has 0 unspecified atom stereocenters.